The molecule has 0 saturated carbocycles. The van der Waals surface area contributed by atoms with Crippen molar-refractivity contribution in [3.63, 3.8) is 0 Å². The molecule has 0 atom stereocenters. The maximum absolute atomic E-state index is 13.2. The molecule has 0 aliphatic carbocycles. The highest BCUT2D eigenvalue weighted by atomic mass is 79.9. The third-order valence-corrected chi connectivity index (χ3v) is 6.08. The second-order valence-electron chi connectivity index (χ2n) is 7.93. The lowest BCUT2D eigenvalue weighted by Gasteiger charge is -2.33. The molecule has 1 aromatic carbocycles. The monoisotopic (exact) mass is 515 g/mol. The summed E-state index contributed by atoms with van der Waals surface area (Å²) in [4.78, 5) is 18.3. The predicted octanol–water partition coefficient (Wildman–Crippen LogP) is 4.67. The fourth-order valence-corrected chi connectivity index (χ4v) is 4.08. The summed E-state index contributed by atoms with van der Waals surface area (Å²) in [7, 11) is 1.41. The van der Waals surface area contributed by atoms with Gasteiger partial charge in [-0.3, -0.25) is 4.79 Å². The third kappa shape index (κ3) is 5.85. The molecule has 1 aliphatic rings. The van der Waals surface area contributed by atoms with E-state index in [9.17, 15) is 23.1 Å². The van der Waals surface area contributed by atoms with Crippen LogP contribution in [0.4, 0.5) is 19.0 Å². The highest BCUT2D eigenvalue weighted by Crippen LogP contribution is 2.35. The van der Waals surface area contributed by atoms with Gasteiger partial charge in [0.25, 0.3) is 0 Å². The van der Waals surface area contributed by atoms with Crippen molar-refractivity contribution in [3.05, 3.63) is 45.6 Å². The van der Waals surface area contributed by atoms with Crippen LogP contribution in [0, 0.1) is 5.92 Å². The molecule has 2 aromatic rings. The van der Waals surface area contributed by atoms with Crippen LogP contribution in [0.5, 0.6) is 11.5 Å². The summed E-state index contributed by atoms with van der Waals surface area (Å²) >= 11 is 3.22. The standard InChI is InChI=1S/C22H25BrF3N3O3/c1-13-5-7-29(8-6-13)21-15(3-4-18(28-21)22(24,25)26)12-27-19(30)11-14-9-16(23)20(31)17(10-14)32-2/h3-4,9-10,13,31H,5-8,11-12H2,1-2H3,(H,27,30). The summed E-state index contributed by atoms with van der Waals surface area (Å²) < 4.78 is 45.2. The van der Waals surface area contributed by atoms with Crippen molar-refractivity contribution in [2.24, 2.45) is 5.92 Å². The van der Waals surface area contributed by atoms with E-state index in [1.807, 2.05) is 4.90 Å². The minimum atomic E-state index is -4.54. The molecule has 32 heavy (non-hydrogen) atoms. The first-order valence-corrected chi connectivity index (χ1v) is 11.0. The number of hydrogen-bond acceptors (Lipinski definition) is 5. The van der Waals surface area contributed by atoms with E-state index in [1.165, 1.54) is 13.2 Å². The molecule has 3 rings (SSSR count). The number of hydrogen-bond donors (Lipinski definition) is 2. The summed E-state index contributed by atoms with van der Waals surface area (Å²) in [5.41, 5.74) is 0.201. The number of carbonyl (C=O) groups excluding carboxylic acids is 1. The smallest absolute Gasteiger partial charge is 0.433 e. The van der Waals surface area contributed by atoms with Gasteiger partial charge in [0, 0.05) is 25.2 Å². The number of amides is 1. The Bertz CT molecular complexity index is 977. The number of alkyl halides is 3. The average Bonchev–Trinajstić information content (AvgIpc) is 2.74. The first-order chi connectivity index (χ1) is 15.1. The SMILES string of the molecule is COc1cc(CC(=O)NCc2ccc(C(F)(F)F)nc2N2CCC(C)CC2)cc(Br)c1O. The van der Waals surface area contributed by atoms with Crippen molar-refractivity contribution < 1.29 is 27.8 Å². The molecular weight excluding hydrogens is 491 g/mol. The Morgan fingerprint density at radius 1 is 1.31 bits per heavy atom. The Labute approximate surface area is 192 Å². The molecular formula is C22H25BrF3N3O3. The van der Waals surface area contributed by atoms with Crippen molar-refractivity contribution in [1.29, 1.82) is 0 Å². The molecule has 0 radical (unpaired) electrons. The van der Waals surface area contributed by atoms with Crippen LogP contribution in [0.25, 0.3) is 0 Å². The van der Waals surface area contributed by atoms with Gasteiger partial charge >= 0.3 is 6.18 Å². The molecule has 174 valence electrons. The van der Waals surface area contributed by atoms with Crippen molar-refractivity contribution in [3.8, 4) is 11.5 Å². The first kappa shape index (κ1) is 24.2. The van der Waals surface area contributed by atoms with E-state index in [4.69, 9.17) is 4.74 Å². The van der Waals surface area contributed by atoms with Crippen molar-refractivity contribution in [1.82, 2.24) is 10.3 Å². The second-order valence-corrected chi connectivity index (χ2v) is 8.78. The minimum Gasteiger partial charge on any atom is -0.503 e. The summed E-state index contributed by atoms with van der Waals surface area (Å²) in [6.45, 7) is 3.42. The third-order valence-electron chi connectivity index (χ3n) is 5.48. The molecule has 0 spiro atoms. The van der Waals surface area contributed by atoms with E-state index in [-0.39, 0.29) is 36.2 Å². The van der Waals surface area contributed by atoms with Gasteiger partial charge in [-0.1, -0.05) is 13.0 Å². The van der Waals surface area contributed by atoms with Crippen LogP contribution >= 0.6 is 15.9 Å². The number of halogens is 4. The predicted molar refractivity (Wildman–Crippen MR) is 118 cm³/mol. The van der Waals surface area contributed by atoms with Gasteiger partial charge in [0.1, 0.15) is 11.5 Å². The Hall–Kier alpha value is -2.49. The van der Waals surface area contributed by atoms with Crippen LogP contribution in [-0.4, -0.2) is 36.2 Å². The number of carbonyl (C=O) groups is 1. The topological polar surface area (TPSA) is 74.7 Å². The van der Waals surface area contributed by atoms with Crippen molar-refractivity contribution in [2.75, 3.05) is 25.1 Å². The van der Waals surface area contributed by atoms with Crippen LogP contribution < -0.4 is 15.0 Å². The quantitative estimate of drug-likeness (QED) is 0.584. The number of anilines is 1. The normalized spacial score (nSPS) is 15.0. The molecule has 2 heterocycles. The van der Waals surface area contributed by atoms with E-state index < -0.39 is 11.9 Å². The van der Waals surface area contributed by atoms with E-state index in [1.54, 1.807) is 12.1 Å². The van der Waals surface area contributed by atoms with Gasteiger partial charge in [0.05, 0.1) is 18.0 Å². The molecule has 2 N–H and O–H groups in total. The van der Waals surface area contributed by atoms with Gasteiger partial charge in [0.2, 0.25) is 5.91 Å². The Morgan fingerprint density at radius 3 is 2.62 bits per heavy atom. The average molecular weight is 516 g/mol. The fourth-order valence-electron chi connectivity index (χ4n) is 3.59. The summed E-state index contributed by atoms with van der Waals surface area (Å²) in [6.07, 6.45) is -2.77. The highest BCUT2D eigenvalue weighted by molar-refractivity contribution is 9.10. The van der Waals surface area contributed by atoms with Gasteiger partial charge in [-0.2, -0.15) is 13.2 Å². The zero-order valence-corrected chi connectivity index (χ0v) is 19.4. The van der Waals surface area contributed by atoms with E-state index in [2.05, 4.69) is 33.2 Å². The van der Waals surface area contributed by atoms with Gasteiger partial charge in [-0.25, -0.2) is 4.98 Å². The largest absolute Gasteiger partial charge is 0.503 e. The lowest BCUT2D eigenvalue weighted by Crippen LogP contribution is -2.35. The number of aromatic hydroxyl groups is 1. The minimum absolute atomic E-state index is 0.0138. The van der Waals surface area contributed by atoms with Crippen LogP contribution in [-0.2, 0) is 23.9 Å². The first-order valence-electron chi connectivity index (χ1n) is 10.2. The lowest BCUT2D eigenvalue weighted by atomic mass is 9.99. The second kappa shape index (κ2) is 9.97. The number of aromatic nitrogens is 1. The molecule has 1 aliphatic heterocycles. The number of phenolic OH excluding ortho intramolecular Hbond substituents is 1. The summed E-state index contributed by atoms with van der Waals surface area (Å²) in [5.74, 6) is 0.634. The summed E-state index contributed by atoms with van der Waals surface area (Å²) in [6, 6.07) is 5.49. The van der Waals surface area contributed by atoms with Gasteiger partial charge in [-0.05, 0) is 58.5 Å². The van der Waals surface area contributed by atoms with Gasteiger partial charge in [-0.15, -0.1) is 0 Å². The molecule has 1 aromatic heterocycles. The molecule has 1 amide bonds. The van der Waals surface area contributed by atoms with E-state index in [0.717, 1.165) is 18.9 Å². The lowest BCUT2D eigenvalue weighted by molar-refractivity contribution is -0.141. The van der Waals surface area contributed by atoms with Crippen LogP contribution in [0.1, 0.15) is 36.6 Å². The van der Waals surface area contributed by atoms with Gasteiger partial charge in [0.15, 0.2) is 11.5 Å². The zero-order valence-electron chi connectivity index (χ0n) is 17.8. The number of pyridine rings is 1. The molecule has 1 saturated heterocycles. The number of rotatable bonds is 6. The van der Waals surface area contributed by atoms with E-state index >= 15 is 0 Å². The number of ether oxygens (including phenoxy) is 1. The van der Waals surface area contributed by atoms with E-state index in [0.29, 0.717) is 34.6 Å². The number of methoxy groups -OCH3 is 1. The van der Waals surface area contributed by atoms with Gasteiger partial charge < -0.3 is 20.1 Å². The molecule has 1 fully saturated rings. The zero-order chi connectivity index (χ0) is 23.5. The van der Waals surface area contributed by atoms with Crippen molar-refractivity contribution >= 4 is 27.7 Å². The van der Waals surface area contributed by atoms with Crippen molar-refractivity contribution in [2.45, 2.75) is 38.9 Å². The maximum atomic E-state index is 13.2. The van der Waals surface area contributed by atoms with Crippen LogP contribution in [0.15, 0.2) is 28.7 Å². The summed E-state index contributed by atoms with van der Waals surface area (Å²) in [5, 5.41) is 12.7. The Balaban J connectivity index is 1.75. The number of nitrogens with one attached hydrogen (secondary N) is 1. The van der Waals surface area contributed by atoms with Crippen LogP contribution in [0.2, 0.25) is 0 Å². The number of phenols is 1. The number of nitrogens with zero attached hydrogens (tertiary/aromatic N) is 2. The number of benzene rings is 1. The maximum Gasteiger partial charge on any atom is 0.433 e. The highest BCUT2D eigenvalue weighted by Gasteiger charge is 2.34. The Morgan fingerprint density at radius 2 is 2.00 bits per heavy atom. The molecule has 0 bridgehead atoms. The fraction of sp³-hybridized carbons (Fsp3) is 0.455. The van der Waals surface area contributed by atoms with Crippen LogP contribution in [0.3, 0.4) is 0 Å². The molecule has 6 nitrogen and oxygen atoms in total. The molecule has 10 heteroatoms. The Kier molecular flexibility index (Phi) is 7.53. The number of piperidine rings is 1. The molecule has 0 unspecified atom stereocenters.